The molecule has 0 saturated carbocycles. The van der Waals surface area contributed by atoms with Gasteiger partial charge in [-0.15, -0.1) is 0 Å². The Bertz CT molecular complexity index is 424. The van der Waals surface area contributed by atoms with Crippen LogP contribution in [0.2, 0.25) is 5.02 Å². The van der Waals surface area contributed by atoms with Crippen LogP contribution in [-0.2, 0) is 9.47 Å². The van der Waals surface area contributed by atoms with Gasteiger partial charge in [-0.25, -0.2) is 0 Å². The van der Waals surface area contributed by atoms with Crippen LogP contribution in [-0.4, -0.2) is 50.3 Å². The zero-order valence-corrected chi connectivity index (χ0v) is 13.4. The van der Waals surface area contributed by atoms with Gasteiger partial charge in [0.25, 0.3) is 5.91 Å². The van der Waals surface area contributed by atoms with Crippen molar-refractivity contribution in [2.24, 2.45) is 0 Å². The van der Waals surface area contributed by atoms with Gasteiger partial charge in [-0.1, -0.05) is 17.7 Å². The summed E-state index contributed by atoms with van der Waals surface area (Å²) in [5, 5.41) is 0.359. The normalized spacial score (nSPS) is 10.6. The summed E-state index contributed by atoms with van der Waals surface area (Å²) in [6.45, 7) is 6.95. The number of hydrogen-bond donors (Lipinski definition) is 1. The molecule has 1 amide bonds. The van der Waals surface area contributed by atoms with Crippen molar-refractivity contribution in [2.45, 2.75) is 13.8 Å². The first kappa shape index (κ1) is 17.8. The largest absolute Gasteiger partial charge is 0.398 e. The van der Waals surface area contributed by atoms with E-state index in [2.05, 4.69) is 0 Å². The Morgan fingerprint density at radius 2 is 1.76 bits per heavy atom. The highest BCUT2D eigenvalue weighted by Gasteiger charge is 2.20. The van der Waals surface area contributed by atoms with Gasteiger partial charge in [-0.05, 0) is 26.0 Å². The molecule has 0 unspecified atom stereocenters. The molecule has 0 aliphatic rings. The average Bonchev–Trinajstić information content (AvgIpc) is 2.45. The van der Waals surface area contributed by atoms with Crippen LogP contribution in [0, 0.1) is 0 Å². The van der Waals surface area contributed by atoms with Crippen molar-refractivity contribution >= 4 is 23.2 Å². The molecule has 0 radical (unpaired) electrons. The molecule has 0 heterocycles. The van der Waals surface area contributed by atoms with Gasteiger partial charge >= 0.3 is 0 Å². The standard InChI is InChI=1S/C15H23ClN2O3/c1-3-20-10-8-18(9-11-21-4-2)15(19)14-12(16)6-5-7-13(14)17/h5-7H,3-4,8-11,17H2,1-2H3. The van der Waals surface area contributed by atoms with E-state index in [0.717, 1.165) is 0 Å². The predicted molar refractivity (Wildman–Crippen MR) is 84.8 cm³/mol. The van der Waals surface area contributed by atoms with Gasteiger partial charge in [0.2, 0.25) is 0 Å². The van der Waals surface area contributed by atoms with Crippen molar-refractivity contribution < 1.29 is 14.3 Å². The number of ether oxygens (including phenoxy) is 2. The molecular formula is C15H23ClN2O3. The molecule has 6 heteroatoms. The first-order chi connectivity index (χ1) is 10.1. The summed E-state index contributed by atoms with van der Waals surface area (Å²) in [5.41, 5.74) is 6.60. The number of benzene rings is 1. The third kappa shape index (κ3) is 5.53. The number of amides is 1. The first-order valence-corrected chi connectivity index (χ1v) is 7.48. The Hall–Kier alpha value is -1.30. The molecule has 0 saturated heterocycles. The minimum atomic E-state index is -0.197. The van der Waals surface area contributed by atoms with Crippen LogP contribution in [0.15, 0.2) is 18.2 Å². The lowest BCUT2D eigenvalue weighted by Crippen LogP contribution is -2.37. The van der Waals surface area contributed by atoms with E-state index in [9.17, 15) is 4.79 Å². The summed E-state index contributed by atoms with van der Waals surface area (Å²) in [7, 11) is 0. The molecule has 1 aromatic carbocycles. The molecule has 1 aromatic rings. The van der Waals surface area contributed by atoms with E-state index in [4.69, 9.17) is 26.8 Å². The Morgan fingerprint density at radius 1 is 1.19 bits per heavy atom. The Kier molecular flexibility index (Phi) is 8.12. The van der Waals surface area contributed by atoms with Crippen molar-refractivity contribution in [3.8, 4) is 0 Å². The zero-order chi connectivity index (χ0) is 15.7. The summed E-state index contributed by atoms with van der Waals surface area (Å²) in [4.78, 5) is 14.3. The number of nitrogen functional groups attached to an aromatic ring is 1. The number of hydrogen-bond acceptors (Lipinski definition) is 4. The van der Waals surface area contributed by atoms with Crippen LogP contribution < -0.4 is 5.73 Å². The summed E-state index contributed by atoms with van der Waals surface area (Å²) in [5.74, 6) is -0.197. The van der Waals surface area contributed by atoms with E-state index in [1.54, 1.807) is 23.1 Å². The van der Waals surface area contributed by atoms with Crippen molar-refractivity contribution in [2.75, 3.05) is 45.3 Å². The van der Waals surface area contributed by atoms with Gasteiger partial charge in [0, 0.05) is 32.0 Å². The molecule has 0 atom stereocenters. The number of carbonyl (C=O) groups is 1. The van der Waals surface area contributed by atoms with E-state index in [-0.39, 0.29) is 5.91 Å². The lowest BCUT2D eigenvalue weighted by Gasteiger charge is -2.23. The highest BCUT2D eigenvalue weighted by Crippen LogP contribution is 2.23. The molecule has 0 bridgehead atoms. The Balaban J connectivity index is 2.82. The topological polar surface area (TPSA) is 64.8 Å². The third-order valence-corrected chi connectivity index (χ3v) is 3.28. The van der Waals surface area contributed by atoms with Crippen LogP contribution in [0.4, 0.5) is 5.69 Å². The van der Waals surface area contributed by atoms with Gasteiger partial charge in [0.15, 0.2) is 0 Å². The maximum absolute atomic E-state index is 12.6. The monoisotopic (exact) mass is 314 g/mol. The van der Waals surface area contributed by atoms with Gasteiger partial charge in [-0.2, -0.15) is 0 Å². The van der Waals surface area contributed by atoms with Crippen molar-refractivity contribution in [3.05, 3.63) is 28.8 Å². The number of nitrogens with two attached hydrogens (primary N) is 1. The number of halogens is 1. The minimum Gasteiger partial charge on any atom is -0.398 e. The quantitative estimate of drug-likeness (QED) is 0.561. The first-order valence-electron chi connectivity index (χ1n) is 7.10. The lowest BCUT2D eigenvalue weighted by molar-refractivity contribution is 0.0551. The summed E-state index contributed by atoms with van der Waals surface area (Å²) < 4.78 is 10.6. The third-order valence-electron chi connectivity index (χ3n) is 2.97. The summed E-state index contributed by atoms with van der Waals surface area (Å²) in [6.07, 6.45) is 0. The number of nitrogens with zero attached hydrogens (tertiary/aromatic N) is 1. The van der Waals surface area contributed by atoms with Crippen molar-refractivity contribution in [1.82, 2.24) is 4.90 Å². The lowest BCUT2D eigenvalue weighted by atomic mass is 10.1. The molecule has 0 aliphatic carbocycles. The van der Waals surface area contributed by atoms with E-state index < -0.39 is 0 Å². The van der Waals surface area contributed by atoms with Gasteiger partial charge in [0.1, 0.15) is 0 Å². The fourth-order valence-electron chi connectivity index (χ4n) is 1.88. The van der Waals surface area contributed by atoms with Crippen molar-refractivity contribution in [3.63, 3.8) is 0 Å². The second-order valence-corrected chi connectivity index (χ2v) is 4.80. The molecule has 0 fully saturated rings. The molecule has 0 aliphatic heterocycles. The van der Waals surface area contributed by atoms with Gasteiger partial charge in [0.05, 0.1) is 23.8 Å². The average molecular weight is 315 g/mol. The van der Waals surface area contributed by atoms with Crippen LogP contribution >= 0.6 is 11.6 Å². The highest BCUT2D eigenvalue weighted by molar-refractivity contribution is 6.34. The summed E-state index contributed by atoms with van der Waals surface area (Å²) >= 11 is 6.10. The Labute approximate surface area is 131 Å². The molecule has 2 N–H and O–H groups in total. The maximum atomic E-state index is 12.6. The maximum Gasteiger partial charge on any atom is 0.257 e. The molecule has 0 spiro atoms. The van der Waals surface area contributed by atoms with Crippen molar-refractivity contribution in [1.29, 1.82) is 0 Å². The molecule has 5 nitrogen and oxygen atoms in total. The number of rotatable bonds is 9. The SMILES string of the molecule is CCOCCN(CCOCC)C(=O)c1c(N)cccc1Cl. The van der Waals surface area contributed by atoms with E-state index in [1.807, 2.05) is 13.8 Å². The second kappa shape index (κ2) is 9.60. The van der Waals surface area contributed by atoms with Crippen LogP contribution in [0.5, 0.6) is 0 Å². The van der Waals surface area contributed by atoms with E-state index in [1.165, 1.54) is 0 Å². The van der Waals surface area contributed by atoms with Crippen LogP contribution in [0.3, 0.4) is 0 Å². The Morgan fingerprint density at radius 3 is 2.24 bits per heavy atom. The molecule has 21 heavy (non-hydrogen) atoms. The highest BCUT2D eigenvalue weighted by atomic mass is 35.5. The number of anilines is 1. The molecule has 0 aromatic heterocycles. The van der Waals surface area contributed by atoms with Gasteiger partial charge in [-0.3, -0.25) is 4.79 Å². The fourth-order valence-corrected chi connectivity index (χ4v) is 2.14. The predicted octanol–water partition coefficient (Wildman–Crippen LogP) is 2.44. The van der Waals surface area contributed by atoms with E-state index >= 15 is 0 Å². The van der Waals surface area contributed by atoms with Gasteiger partial charge < -0.3 is 20.1 Å². The molecular weight excluding hydrogens is 292 g/mol. The smallest absolute Gasteiger partial charge is 0.257 e. The number of carbonyl (C=O) groups excluding carboxylic acids is 1. The fraction of sp³-hybridized carbons (Fsp3) is 0.533. The van der Waals surface area contributed by atoms with Crippen LogP contribution in [0.25, 0.3) is 0 Å². The zero-order valence-electron chi connectivity index (χ0n) is 12.6. The van der Waals surface area contributed by atoms with Crippen LogP contribution in [0.1, 0.15) is 24.2 Å². The summed E-state index contributed by atoms with van der Waals surface area (Å²) in [6, 6.07) is 5.05. The minimum absolute atomic E-state index is 0.197. The molecule has 1 rings (SSSR count). The second-order valence-electron chi connectivity index (χ2n) is 4.39. The molecule has 118 valence electrons. The van der Waals surface area contributed by atoms with E-state index in [0.29, 0.717) is 55.8 Å².